The Hall–Kier alpha value is -2.82. The largest absolute Gasteiger partial charge is 0.371 e. The summed E-state index contributed by atoms with van der Waals surface area (Å²) in [6.07, 6.45) is 2.94. The molecule has 2 aromatic carbocycles. The molecule has 2 heterocycles. The van der Waals surface area contributed by atoms with Crippen molar-refractivity contribution in [3.8, 4) is 0 Å². The molecule has 0 radical (unpaired) electrons. The normalized spacial score (nSPS) is 22.9. The van der Waals surface area contributed by atoms with Crippen molar-refractivity contribution in [3.63, 3.8) is 0 Å². The zero-order chi connectivity index (χ0) is 19.8. The monoisotopic (exact) mass is 379 g/mol. The molecule has 28 heavy (non-hydrogen) atoms. The summed E-state index contributed by atoms with van der Waals surface area (Å²) < 4.78 is 13.6. The van der Waals surface area contributed by atoms with Crippen molar-refractivity contribution in [1.82, 2.24) is 0 Å². The van der Waals surface area contributed by atoms with Gasteiger partial charge in [-0.25, -0.2) is 4.39 Å². The van der Waals surface area contributed by atoms with Crippen molar-refractivity contribution < 1.29 is 9.18 Å². The topological polar surface area (TPSA) is 44.4 Å². The molecule has 2 atom stereocenters. The lowest BCUT2D eigenvalue weighted by Gasteiger charge is -2.37. The predicted octanol–water partition coefficient (Wildman–Crippen LogP) is 5.02. The number of anilines is 3. The van der Waals surface area contributed by atoms with E-state index >= 15 is 0 Å². The summed E-state index contributed by atoms with van der Waals surface area (Å²) in [5.74, 6) is 0.822. The van der Waals surface area contributed by atoms with Crippen LogP contribution in [0.15, 0.2) is 42.6 Å². The number of halogens is 1. The Kier molecular flexibility index (Phi) is 4.84. The molecule has 2 aliphatic rings. The number of aryl methyl sites for hydroxylation is 1. The molecule has 0 spiro atoms. The minimum absolute atomic E-state index is 0.224. The van der Waals surface area contributed by atoms with Crippen LogP contribution in [0, 0.1) is 24.6 Å². The number of hydrogen-bond donors (Lipinski definition) is 2. The zero-order valence-corrected chi connectivity index (χ0v) is 16.6. The number of nitrogens with zero attached hydrogens (tertiary/aromatic N) is 1. The van der Waals surface area contributed by atoms with Crippen LogP contribution in [0.5, 0.6) is 0 Å². The first kappa shape index (κ1) is 18.5. The highest BCUT2D eigenvalue weighted by Gasteiger charge is 2.25. The molecule has 1 saturated heterocycles. The average Bonchev–Trinajstić information content (AvgIpc) is 2.93. The van der Waals surface area contributed by atoms with Crippen LogP contribution in [0.1, 0.15) is 31.4 Å². The molecule has 2 aliphatic heterocycles. The van der Waals surface area contributed by atoms with Crippen molar-refractivity contribution in [2.24, 2.45) is 11.8 Å². The summed E-state index contributed by atoms with van der Waals surface area (Å²) in [4.78, 5) is 14.7. The quantitative estimate of drug-likeness (QED) is 0.736. The number of piperidine rings is 1. The van der Waals surface area contributed by atoms with Crippen molar-refractivity contribution in [1.29, 1.82) is 0 Å². The number of rotatable bonds is 3. The Balaban J connectivity index is 1.54. The molecule has 0 aliphatic carbocycles. The Morgan fingerprint density at radius 1 is 1.14 bits per heavy atom. The van der Waals surface area contributed by atoms with Gasteiger partial charge in [0.25, 0.3) is 5.91 Å². The summed E-state index contributed by atoms with van der Waals surface area (Å²) in [6, 6.07) is 10.6. The molecule has 2 aromatic rings. The van der Waals surface area contributed by atoms with Gasteiger partial charge in [0.05, 0.1) is 5.57 Å². The van der Waals surface area contributed by atoms with Gasteiger partial charge in [-0.3, -0.25) is 4.79 Å². The van der Waals surface area contributed by atoms with Gasteiger partial charge in [-0.15, -0.1) is 0 Å². The number of carbonyl (C=O) groups excluding carboxylic acids is 1. The minimum Gasteiger partial charge on any atom is -0.371 e. The van der Waals surface area contributed by atoms with E-state index in [4.69, 9.17) is 0 Å². The fraction of sp³-hybridized carbons (Fsp3) is 0.348. The molecule has 0 saturated carbocycles. The number of hydrogen-bond acceptors (Lipinski definition) is 3. The van der Waals surface area contributed by atoms with Gasteiger partial charge >= 0.3 is 0 Å². The molecule has 0 aromatic heterocycles. The highest BCUT2D eigenvalue weighted by molar-refractivity contribution is 6.31. The van der Waals surface area contributed by atoms with Crippen LogP contribution >= 0.6 is 0 Å². The van der Waals surface area contributed by atoms with E-state index in [0.29, 0.717) is 28.7 Å². The molecule has 2 unspecified atom stereocenters. The van der Waals surface area contributed by atoms with Gasteiger partial charge < -0.3 is 15.5 Å². The first-order valence-corrected chi connectivity index (χ1v) is 9.84. The number of benzene rings is 2. The van der Waals surface area contributed by atoms with Gasteiger partial charge in [0.15, 0.2) is 0 Å². The Labute approximate surface area is 165 Å². The van der Waals surface area contributed by atoms with Crippen LogP contribution in [0.3, 0.4) is 0 Å². The number of amides is 1. The smallest absolute Gasteiger partial charge is 0.257 e. The summed E-state index contributed by atoms with van der Waals surface area (Å²) in [6.45, 7) is 8.92. The number of fused-ring (bicyclic) bond motifs is 1. The van der Waals surface area contributed by atoms with Crippen LogP contribution in [0.25, 0.3) is 5.57 Å². The molecule has 4 nitrogen and oxygen atoms in total. The van der Waals surface area contributed by atoms with Gasteiger partial charge in [0, 0.05) is 41.9 Å². The van der Waals surface area contributed by atoms with E-state index in [2.05, 4.69) is 48.4 Å². The fourth-order valence-corrected chi connectivity index (χ4v) is 4.42. The molecule has 1 amide bonds. The summed E-state index contributed by atoms with van der Waals surface area (Å²) >= 11 is 0. The van der Waals surface area contributed by atoms with Gasteiger partial charge in [-0.05, 0) is 67.1 Å². The maximum Gasteiger partial charge on any atom is 0.257 e. The van der Waals surface area contributed by atoms with Gasteiger partial charge in [-0.1, -0.05) is 13.8 Å². The van der Waals surface area contributed by atoms with Crippen LogP contribution in [0.4, 0.5) is 21.5 Å². The number of nitrogens with one attached hydrogen (secondary N) is 2. The average molecular weight is 379 g/mol. The predicted molar refractivity (Wildman–Crippen MR) is 113 cm³/mol. The van der Waals surface area contributed by atoms with E-state index in [1.165, 1.54) is 29.8 Å². The van der Waals surface area contributed by atoms with E-state index in [1.807, 2.05) is 6.07 Å². The SMILES string of the molecule is Cc1cc(N/C=C2/C(=O)Nc3ccc(F)cc32)ccc1N1CC(C)CC(C)C1. The van der Waals surface area contributed by atoms with Gasteiger partial charge in [0.1, 0.15) is 5.82 Å². The van der Waals surface area contributed by atoms with Gasteiger partial charge in [-0.2, -0.15) is 0 Å². The molecule has 2 N–H and O–H groups in total. The van der Waals surface area contributed by atoms with Crippen LogP contribution in [-0.2, 0) is 4.79 Å². The first-order chi connectivity index (χ1) is 13.4. The van der Waals surface area contributed by atoms with E-state index in [0.717, 1.165) is 18.8 Å². The van der Waals surface area contributed by atoms with E-state index in [1.54, 1.807) is 12.3 Å². The number of carbonyl (C=O) groups is 1. The van der Waals surface area contributed by atoms with Crippen LogP contribution < -0.4 is 15.5 Å². The second-order valence-electron chi connectivity index (χ2n) is 8.20. The first-order valence-electron chi connectivity index (χ1n) is 9.84. The molecular weight excluding hydrogens is 353 g/mol. The highest BCUT2D eigenvalue weighted by Crippen LogP contribution is 2.33. The highest BCUT2D eigenvalue weighted by atomic mass is 19.1. The molecule has 1 fully saturated rings. The van der Waals surface area contributed by atoms with Crippen molar-refractivity contribution in [2.45, 2.75) is 27.2 Å². The molecule has 0 bridgehead atoms. The molecule has 5 heteroatoms. The lowest BCUT2D eigenvalue weighted by Crippen LogP contribution is -2.39. The summed E-state index contributed by atoms with van der Waals surface area (Å²) in [7, 11) is 0. The van der Waals surface area contributed by atoms with E-state index in [-0.39, 0.29) is 11.7 Å². The molecule has 4 rings (SSSR count). The van der Waals surface area contributed by atoms with Gasteiger partial charge in [0.2, 0.25) is 0 Å². The third kappa shape index (κ3) is 3.61. The lowest BCUT2D eigenvalue weighted by atomic mass is 9.91. The standard InChI is InChI=1S/C23H26FN3O/c1-14-8-15(2)13-27(12-14)22-7-5-18(9-16(22)3)25-11-20-19-10-17(24)4-6-21(19)26-23(20)28/h4-7,9-11,14-15,25H,8,12-13H2,1-3H3,(H,26,28)/b20-11+. The van der Waals surface area contributed by atoms with E-state index < -0.39 is 0 Å². The summed E-state index contributed by atoms with van der Waals surface area (Å²) in [5.41, 5.74) is 5.04. The van der Waals surface area contributed by atoms with Crippen molar-refractivity contribution >= 4 is 28.5 Å². The van der Waals surface area contributed by atoms with Crippen LogP contribution in [-0.4, -0.2) is 19.0 Å². The minimum atomic E-state index is -0.355. The van der Waals surface area contributed by atoms with Crippen molar-refractivity contribution in [3.05, 3.63) is 59.5 Å². The maximum absolute atomic E-state index is 13.6. The second-order valence-corrected chi connectivity index (χ2v) is 8.20. The molecular formula is C23H26FN3O. The fourth-order valence-electron chi connectivity index (χ4n) is 4.42. The van der Waals surface area contributed by atoms with E-state index in [9.17, 15) is 9.18 Å². The second kappa shape index (κ2) is 7.30. The van der Waals surface area contributed by atoms with Crippen molar-refractivity contribution in [2.75, 3.05) is 28.6 Å². The van der Waals surface area contributed by atoms with Crippen LogP contribution in [0.2, 0.25) is 0 Å². The Bertz CT molecular complexity index is 943. The summed E-state index contributed by atoms with van der Waals surface area (Å²) in [5, 5.41) is 5.96. The maximum atomic E-state index is 13.6. The molecule has 146 valence electrons. The third-order valence-electron chi connectivity index (χ3n) is 5.55. The zero-order valence-electron chi connectivity index (χ0n) is 16.6. The Morgan fingerprint density at radius 3 is 2.61 bits per heavy atom. The lowest BCUT2D eigenvalue weighted by molar-refractivity contribution is -0.110. The third-order valence-corrected chi connectivity index (χ3v) is 5.55. The Morgan fingerprint density at radius 2 is 1.89 bits per heavy atom.